The number of amides is 2. The summed E-state index contributed by atoms with van der Waals surface area (Å²) in [4.78, 5) is 25.2. The number of fused-ring (bicyclic) bond motifs is 3. The van der Waals surface area contributed by atoms with Crippen molar-refractivity contribution in [3.63, 3.8) is 0 Å². The van der Waals surface area contributed by atoms with Crippen molar-refractivity contribution < 1.29 is 22.4 Å². The van der Waals surface area contributed by atoms with Crippen molar-refractivity contribution in [2.45, 2.75) is 17.7 Å². The van der Waals surface area contributed by atoms with Crippen LogP contribution in [0.5, 0.6) is 0 Å². The first kappa shape index (κ1) is 24.7. The minimum atomic E-state index is -3.54. The van der Waals surface area contributed by atoms with Gasteiger partial charge in [-0.15, -0.1) is 0 Å². The SMILES string of the molecule is CS(=O)(=O)c1ccc(Cl)c(C(=O)Nc2ccc3c(c2)-c2c(c(C(N)=O)nn2-c2ccc(F)cc2)CC3)c1. The minimum absolute atomic E-state index is 0.00960. The number of primary amides is 1. The lowest BCUT2D eigenvalue weighted by Crippen LogP contribution is -2.16. The first-order valence-corrected chi connectivity index (χ1v) is 13.4. The number of halogens is 2. The van der Waals surface area contributed by atoms with Gasteiger partial charge < -0.3 is 11.1 Å². The third-order valence-electron chi connectivity index (χ3n) is 6.17. The predicted molar refractivity (Wildman–Crippen MR) is 137 cm³/mol. The number of aryl methyl sites for hydroxylation is 1. The van der Waals surface area contributed by atoms with Gasteiger partial charge >= 0.3 is 0 Å². The molecule has 0 saturated carbocycles. The Morgan fingerprint density at radius 1 is 1.05 bits per heavy atom. The Morgan fingerprint density at radius 3 is 2.46 bits per heavy atom. The number of anilines is 1. The summed E-state index contributed by atoms with van der Waals surface area (Å²) in [5.74, 6) is -1.68. The fourth-order valence-corrected chi connectivity index (χ4v) is 5.24. The van der Waals surface area contributed by atoms with Crippen LogP contribution in [0.3, 0.4) is 0 Å². The van der Waals surface area contributed by atoms with E-state index < -0.39 is 27.5 Å². The van der Waals surface area contributed by atoms with Gasteiger partial charge in [-0.25, -0.2) is 17.5 Å². The second-order valence-electron chi connectivity index (χ2n) is 8.67. The van der Waals surface area contributed by atoms with Gasteiger partial charge in [-0.05, 0) is 73.0 Å². The Hall–Kier alpha value is -4.02. The largest absolute Gasteiger partial charge is 0.364 e. The van der Waals surface area contributed by atoms with E-state index in [1.807, 2.05) is 6.07 Å². The van der Waals surface area contributed by atoms with Crippen molar-refractivity contribution in [2.75, 3.05) is 11.6 Å². The Labute approximate surface area is 216 Å². The fourth-order valence-electron chi connectivity index (χ4n) is 4.39. The lowest BCUT2D eigenvalue weighted by Gasteiger charge is -2.20. The molecule has 0 unspecified atom stereocenters. The molecule has 0 aliphatic heterocycles. The van der Waals surface area contributed by atoms with Crippen LogP contribution in [0.15, 0.2) is 65.6 Å². The standard InChI is InChI=1S/C26H20ClFN4O4S/c1-37(35,36)18-9-11-22(27)21(13-18)26(34)30-16-6-2-14-3-10-19-23(25(29)33)31-32(24(19)20(14)12-16)17-7-4-15(28)5-8-17/h2,4-9,11-13H,3,10H2,1H3,(H2,29,33)(H,30,34). The van der Waals surface area contributed by atoms with Crippen LogP contribution in [0.2, 0.25) is 5.02 Å². The van der Waals surface area contributed by atoms with E-state index in [0.717, 1.165) is 17.4 Å². The van der Waals surface area contributed by atoms with Gasteiger partial charge in [0.15, 0.2) is 15.5 Å². The zero-order valence-electron chi connectivity index (χ0n) is 19.5. The maximum atomic E-state index is 13.6. The molecule has 2 amide bonds. The number of hydrogen-bond acceptors (Lipinski definition) is 5. The molecule has 1 aromatic heterocycles. The topological polar surface area (TPSA) is 124 Å². The monoisotopic (exact) mass is 538 g/mol. The Balaban J connectivity index is 1.58. The zero-order valence-corrected chi connectivity index (χ0v) is 21.0. The normalized spacial score (nSPS) is 12.5. The number of hydrogen-bond donors (Lipinski definition) is 2. The number of benzene rings is 3. The predicted octanol–water partition coefficient (Wildman–Crippen LogP) is 4.19. The molecule has 3 N–H and O–H groups in total. The number of rotatable bonds is 5. The molecule has 11 heteroatoms. The molecule has 3 aromatic carbocycles. The van der Waals surface area contributed by atoms with E-state index >= 15 is 0 Å². The Bertz CT molecular complexity index is 1700. The van der Waals surface area contributed by atoms with Gasteiger partial charge in [0.2, 0.25) is 0 Å². The van der Waals surface area contributed by atoms with Crippen molar-refractivity contribution in [3.8, 4) is 16.9 Å². The average molecular weight is 539 g/mol. The number of nitrogens with one attached hydrogen (secondary N) is 1. The van der Waals surface area contributed by atoms with Crippen LogP contribution in [-0.4, -0.2) is 36.3 Å². The molecule has 0 fully saturated rings. The average Bonchev–Trinajstić information content (AvgIpc) is 3.24. The Morgan fingerprint density at radius 2 is 1.78 bits per heavy atom. The molecule has 8 nitrogen and oxygen atoms in total. The van der Waals surface area contributed by atoms with Gasteiger partial charge in [-0.2, -0.15) is 5.10 Å². The summed E-state index contributed by atoms with van der Waals surface area (Å²) in [6.07, 6.45) is 2.19. The first-order valence-electron chi connectivity index (χ1n) is 11.1. The highest BCUT2D eigenvalue weighted by Gasteiger charge is 2.28. The molecule has 1 aliphatic carbocycles. The molecule has 0 bridgehead atoms. The number of carbonyl (C=O) groups excluding carboxylic acids is 2. The summed E-state index contributed by atoms with van der Waals surface area (Å²) in [6.45, 7) is 0. The number of nitrogens with two attached hydrogens (primary N) is 1. The number of nitrogens with zero attached hydrogens (tertiary/aromatic N) is 2. The number of sulfone groups is 1. The van der Waals surface area contributed by atoms with Crippen LogP contribution in [0.4, 0.5) is 10.1 Å². The highest BCUT2D eigenvalue weighted by molar-refractivity contribution is 7.90. The van der Waals surface area contributed by atoms with E-state index in [1.54, 1.807) is 28.9 Å². The summed E-state index contributed by atoms with van der Waals surface area (Å²) in [5.41, 5.74) is 9.67. The van der Waals surface area contributed by atoms with Crippen LogP contribution >= 0.6 is 11.6 Å². The first-order chi connectivity index (χ1) is 17.5. The highest BCUT2D eigenvalue weighted by atomic mass is 35.5. The maximum Gasteiger partial charge on any atom is 0.269 e. The van der Waals surface area contributed by atoms with E-state index in [1.165, 1.54) is 30.3 Å². The summed E-state index contributed by atoms with van der Waals surface area (Å²) in [7, 11) is -3.54. The molecular weight excluding hydrogens is 519 g/mol. The highest BCUT2D eigenvalue weighted by Crippen LogP contribution is 2.38. The molecule has 1 heterocycles. The van der Waals surface area contributed by atoms with Gasteiger partial charge in [0.25, 0.3) is 11.8 Å². The lowest BCUT2D eigenvalue weighted by molar-refractivity contribution is 0.0992. The molecule has 0 atom stereocenters. The van der Waals surface area contributed by atoms with E-state index in [2.05, 4.69) is 10.4 Å². The van der Waals surface area contributed by atoms with Crippen LogP contribution in [-0.2, 0) is 22.7 Å². The van der Waals surface area contributed by atoms with Gasteiger partial charge in [0.05, 0.1) is 26.9 Å². The summed E-state index contributed by atoms with van der Waals surface area (Å²) in [6, 6.07) is 14.9. The molecule has 5 rings (SSSR count). The van der Waals surface area contributed by atoms with E-state index in [4.69, 9.17) is 17.3 Å². The van der Waals surface area contributed by atoms with E-state index in [9.17, 15) is 22.4 Å². The maximum absolute atomic E-state index is 13.6. The Kier molecular flexibility index (Phi) is 6.09. The second kappa shape index (κ2) is 9.13. The van der Waals surface area contributed by atoms with Crippen molar-refractivity contribution in [1.82, 2.24) is 9.78 Å². The third kappa shape index (κ3) is 4.61. The molecule has 37 heavy (non-hydrogen) atoms. The smallest absolute Gasteiger partial charge is 0.269 e. The number of carbonyl (C=O) groups is 2. The molecule has 188 valence electrons. The third-order valence-corrected chi connectivity index (χ3v) is 7.61. The molecule has 4 aromatic rings. The number of aromatic nitrogens is 2. The van der Waals surface area contributed by atoms with Crippen LogP contribution in [0, 0.1) is 5.82 Å². The fraction of sp³-hybridized carbons (Fsp3) is 0.115. The molecular formula is C26H20ClFN4O4S. The van der Waals surface area contributed by atoms with E-state index in [0.29, 0.717) is 35.5 Å². The van der Waals surface area contributed by atoms with Crippen molar-refractivity contribution in [3.05, 3.63) is 93.9 Å². The summed E-state index contributed by atoms with van der Waals surface area (Å²) < 4.78 is 39.0. The molecule has 0 spiro atoms. The van der Waals surface area contributed by atoms with Crippen LogP contribution in [0.25, 0.3) is 16.9 Å². The van der Waals surface area contributed by atoms with Crippen molar-refractivity contribution in [2.24, 2.45) is 5.73 Å². The second-order valence-corrected chi connectivity index (χ2v) is 11.1. The zero-order chi connectivity index (χ0) is 26.5. The molecule has 0 radical (unpaired) electrons. The van der Waals surface area contributed by atoms with Gasteiger partial charge in [0.1, 0.15) is 5.82 Å². The van der Waals surface area contributed by atoms with Gasteiger partial charge in [0, 0.05) is 23.1 Å². The van der Waals surface area contributed by atoms with Gasteiger partial charge in [-0.1, -0.05) is 17.7 Å². The van der Waals surface area contributed by atoms with Crippen molar-refractivity contribution >= 4 is 38.9 Å². The lowest BCUT2D eigenvalue weighted by atomic mass is 9.88. The van der Waals surface area contributed by atoms with Crippen LogP contribution in [0.1, 0.15) is 32.0 Å². The molecule has 1 aliphatic rings. The van der Waals surface area contributed by atoms with Gasteiger partial charge in [-0.3, -0.25) is 9.59 Å². The summed E-state index contributed by atoms with van der Waals surface area (Å²) >= 11 is 6.18. The quantitative estimate of drug-likeness (QED) is 0.394. The van der Waals surface area contributed by atoms with E-state index in [-0.39, 0.29) is 21.2 Å². The molecule has 0 saturated heterocycles. The van der Waals surface area contributed by atoms with Crippen molar-refractivity contribution in [1.29, 1.82) is 0 Å². The minimum Gasteiger partial charge on any atom is -0.364 e. The van der Waals surface area contributed by atoms with Crippen LogP contribution < -0.4 is 11.1 Å². The summed E-state index contributed by atoms with van der Waals surface area (Å²) in [5, 5.41) is 7.30.